The summed E-state index contributed by atoms with van der Waals surface area (Å²) < 4.78 is 5.62. The summed E-state index contributed by atoms with van der Waals surface area (Å²) >= 11 is 24.1. The highest BCUT2D eigenvalue weighted by atomic mass is 35.5. The maximum atomic E-state index is 6.19. The molecule has 1 nitrogen and oxygen atoms in total. The van der Waals surface area contributed by atoms with Gasteiger partial charge in [0.2, 0.25) is 0 Å². The van der Waals surface area contributed by atoms with Crippen molar-refractivity contribution in [2.45, 2.75) is 6.42 Å². The number of benzene rings is 3. The smallest absolute Gasteiger partial charge is 0.119 e. The van der Waals surface area contributed by atoms with Crippen molar-refractivity contribution in [2.75, 3.05) is 18.4 Å². The van der Waals surface area contributed by atoms with Gasteiger partial charge in [-0.05, 0) is 70.7 Å². The molecule has 0 amide bonds. The second kappa shape index (κ2) is 10.9. The van der Waals surface area contributed by atoms with Crippen LogP contribution in [0.3, 0.4) is 0 Å². The van der Waals surface area contributed by atoms with E-state index in [0.29, 0.717) is 34.8 Å². The van der Waals surface area contributed by atoms with Gasteiger partial charge in [-0.25, -0.2) is 0 Å². The molecule has 0 aliphatic heterocycles. The van der Waals surface area contributed by atoms with Gasteiger partial charge >= 0.3 is 0 Å². The monoisotopic (exact) mass is 464 g/mol. The van der Waals surface area contributed by atoms with E-state index in [9.17, 15) is 0 Å². The van der Waals surface area contributed by atoms with Crippen LogP contribution in [0.4, 0.5) is 0 Å². The SMILES string of the molecule is ClCCOc1ccc(C(=C(CCCl)c2ccc(Cl)cc2)c2ccc(Cl)cc2)cc1. The van der Waals surface area contributed by atoms with E-state index in [1.807, 2.05) is 60.7 Å². The summed E-state index contributed by atoms with van der Waals surface area (Å²) in [4.78, 5) is 0. The Labute approximate surface area is 191 Å². The minimum absolute atomic E-state index is 0.452. The maximum absolute atomic E-state index is 6.19. The number of rotatable bonds is 8. The summed E-state index contributed by atoms with van der Waals surface area (Å²) in [6.45, 7) is 0.475. The molecule has 0 aromatic heterocycles. The molecule has 3 rings (SSSR count). The van der Waals surface area contributed by atoms with E-state index in [4.69, 9.17) is 51.1 Å². The molecule has 0 unspecified atom stereocenters. The number of alkyl halides is 2. The molecule has 3 aromatic carbocycles. The first kappa shape index (κ1) is 22.1. The van der Waals surface area contributed by atoms with Crippen molar-refractivity contribution < 1.29 is 4.74 Å². The lowest BCUT2D eigenvalue weighted by atomic mass is 9.88. The molecule has 0 radical (unpaired) electrons. The van der Waals surface area contributed by atoms with Gasteiger partial charge in [0.25, 0.3) is 0 Å². The number of hydrogen-bond acceptors (Lipinski definition) is 1. The van der Waals surface area contributed by atoms with Crippen LogP contribution in [0.5, 0.6) is 5.75 Å². The molecule has 0 N–H and O–H groups in total. The molecule has 5 heteroatoms. The van der Waals surface area contributed by atoms with E-state index >= 15 is 0 Å². The van der Waals surface area contributed by atoms with Gasteiger partial charge in [-0.2, -0.15) is 0 Å². The van der Waals surface area contributed by atoms with Crippen molar-refractivity contribution in [1.29, 1.82) is 0 Å². The lowest BCUT2D eigenvalue weighted by Crippen LogP contribution is -1.99. The summed E-state index contributed by atoms with van der Waals surface area (Å²) in [6.07, 6.45) is 0.714. The summed E-state index contributed by atoms with van der Waals surface area (Å²) in [6, 6.07) is 23.7. The van der Waals surface area contributed by atoms with Crippen LogP contribution in [-0.4, -0.2) is 18.4 Å². The molecule has 150 valence electrons. The first-order chi connectivity index (χ1) is 14.1. The van der Waals surface area contributed by atoms with Crippen molar-refractivity contribution in [2.24, 2.45) is 0 Å². The molecule has 0 saturated heterocycles. The predicted octanol–water partition coefficient (Wildman–Crippen LogP) is 8.20. The molecule has 0 aliphatic rings. The Balaban J connectivity index is 2.16. The predicted molar refractivity (Wildman–Crippen MR) is 127 cm³/mol. The Morgan fingerprint density at radius 2 is 1.10 bits per heavy atom. The zero-order valence-electron chi connectivity index (χ0n) is 15.7. The highest BCUT2D eigenvalue weighted by Crippen LogP contribution is 2.36. The molecule has 3 aromatic rings. The van der Waals surface area contributed by atoms with Crippen LogP contribution < -0.4 is 4.74 Å². The molecule has 0 bridgehead atoms. The molecular weight excluding hydrogens is 446 g/mol. The Morgan fingerprint density at radius 1 is 0.621 bits per heavy atom. The van der Waals surface area contributed by atoms with E-state index in [1.165, 1.54) is 0 Å². The zero-order chi connectivity index (χ0) is 20.6. The number of allylic oxidation sites excluding steroid dienone is 1. The van der Waals surface area contributed by atoms with Crippen LogP contribution in [0, 0.1) is 0 Å². The minimum atomic E-state index is 0.452. The molecule has 29 heavy (non-hydrogen) atoms. The summed E-state index contributed by atoms with van der Waals surface area (Å²) in [5.74, 6) is 1.75. The molecule has 0 fully saturated rings. The van der Waals surface area contributed by atoms with Gasteiger partial charge in [-0.3, -0.25) is 0 Å². The molecule has 0 atom stereocenters. The van der Waals surface area contributed by atoms with Crippen LogP contribution in [0.25, 0.3) is 11.1 Å². The maximum Gasteiger partial charge on any atom is 0.119 e. The first-order valence-electron chi connectivity index (χ1n) is 9.22. The average Bonchev–Trinajstić information content (AvgIpc) is 2.74. The highest BCUT2D eigenvalue weighted by Gasteiger charge is 2.14. The summed E-state index contributed by atoms with van der Waals surface area (Å²) in [5.41, 5.74) is 5.48. The van der Waals surface area contributed by atoms with Gasteiger partial charge in [0, 0.05) is 15.9 Å². The fourth-order valence-corrected chi connectivity index (χ4v) is 3.68. The van der Waals surface area contributed by atoms with Crippen molar-refractivity contribution in [3.8, 4) is 5.75 Å². The van der Waals surface area contributed by atoms with Gasteiger partial charge < -0.3 is 4.74 Å². The van der Waals surface area contributed by atoms with E-state index in [2.05, 4.69) is 12.1 Å². The van der Waals surface area contributed by atoms with Crippen molar-refractivity contribution in [3.05, 3.63) is 99.5 Å². The van der Waals surface area contributed by atoms with Crippen LogP contribution >= 0.6 is 46.4 Å². The van der Waals surface area contributed by atoms with Gasteiger partial charge in [-0.15, -0.1) is 23.2 Å². The molecule has 0 aliphatic carbocycles. The highest BCUT2D eigenvalue weighted by molar-refractivity contribution is 6.31. The minimum Gasteiger partial charge on any atom is -0.492 e. The lowest BCUT2D eigenvalue weighted by molar-refractivity contribution is 0.343. The number of halogens is 4. The third-order valence-electron chi connectivity index (χ3n) is 4.46. The van der Waals surface area contributed by atoms with Crippen LogP contribution in [0.1, 0.15) is 23.1 Å². The zero-order valence-corrected chi connectivity index (χ0v) is 18.7. The third-order valence-corrected chi connectivity index (χ3v) is 5.31. The van der Waals surface area contributed by atoms with Crippen molar-refractivity contribution >= 4 is 57.5 Å². The Hall–Kier alpha value is -1.64. The topological polar surface area (TPSA) is 9.23 Å². The number of ether oxygens (including phenoxy) is 1. The van der Waals surface area contributed by atoms with Crippen molar-refractivity contribution in [3.63, 3.8) is 0 Å². The fraction of sp³-hybridized carbons (Fsp3) is 0.167. The largest absolute Gasteiger partial charge is 0.492 e. The van der Waals surface area contributed by atoms with E-state index in [1.54, 1.807) is 0 Å². The second-order valence-electron chi connectivity index (χ2n) is 6.37. The van der Waals surface area contributed by atoms with Gasteiger partial charge in [0.1, 0.15) is 12.4 Å². The van der Waals surface area contributed by atoms with E-state index in [0.717, 1.165) is 33.6 Å². The second-order valence-corrected chi connectivity index (χ2v) is 8.00. The normalized spacial score (nSPS) is 11.9. The third kappa shape index (κ3) is 5.93. The molecule has 0 heterocycles. The Kier molecular flexibility index (Phi) is 8.32. The van der Waals surface area contributed by atoms with Crippen molar-refractivity contribution in [1.82, 2.24) is 0 Å². The van der Waals surface area contributed by atoms with Crippen LogP contribution in [0.15, 0.2) is 72.8 Å². The number of hydrogen-bond donors (Lipinski definition) is 0. The standard InChI is InChI=1S/C24H20Cl4O/c25-14-13-23(17-1-7-20(27)8-2-17)24(18-3-9-21(28)10-4-18)19-5-11-22(12-6-19)29-16-15-26/h1-12H,13-16H2. The Morgan fingerprint density at radius 3 is 1.59 bits per heavy atom. The Bertz CT molecular complexity index is 946. The summed E-state index contributed by atoms with van der Waals surface area (Å²) in [7, 11) is 0. The van der Waals surface area contributed by atoms with Crippen LogP contribution in [-0.2, 0) is 0 Å². The van der Waals surface area contributed by atoms with E-state index < -0.39 is 0 Å². The van der Waals surface area contributed by atoms with Gasteiger partial charge in [0.05, 0.1) is 5.88 Å². The average molecular weight is 466 g/mol. The lowest BCUT2D eigenvalue weighted by Gasteiger charge is -2.17. The molecule has 0 saturated carbocycles. The summed E-state index contributed by atoms with van der Waals surface area (Å²) in [5, 5.41) is 1.40. The van der Waals surface area contributed by atoms with Gasteiger partial charge in [0.15, 0.2) is 0 Å². The molecular formula is C24H20Cl4O. The van der Waals surface area contributed by atoms with Gasteiger partial charge in [-0.1, -0.05) is 59.6 Å². The first-order valence-corrected chi connectivity index (χ1v) is 11.0. The fourth-order valence-electron chi connectivity index (χ4n) is 3.17. The van der Waals surface area contributed by atoms with Crippen LogP contribution in [0.2, 0.25) is 10.0 Å². The molecule has 0 spiro atoms. The van der Waals surface area contributed by atoms with E-state index in [-0.39, 0.29) is 0 Å². The quantitative estimate of drug-likeness (QED) is 0.240.